The lowest BCUT2D eigenvalue weighted by Crippen LogP contribution is -2.13. The molecule has 1 aromatic rings. The second-order valence-corrected chi connectivity index (χ2v) is 6.51. The summed E-state index contributed by atoms with van der Waals surface area (Å²) in [5, 5.41) is 0. The van der Waals surface area contributed by atoms with Crippen molar-refractivity contribution >= 4 is 27.3 Å². The molecule has 0 amide bonds. The molecule has 2 heterocycles. The molecule has 2 atom stereocenters. The van der Waals surface area contributed by atoms with Gasteiger partial charge in [0.1, 0.15) is 0 Å². The molecule has 0 aliphatic carbocycles. The third-order valence-electron chi connectivity index (χ3n) is 3.07. The van der Waals surface area contributed by atoms with Crippen molar-refractivity contribution in [3.63, 3.8) is 0 Å². The molecular formula is C12H18BrNOS. The number of nitrogens with two attached hydrogens (primary N) is 1. The van der Waals surface area contributed by atoms with E-state index in [-0.39, 0.29) is 6.04 Å². The summed E-state index contributed by atoms with van der Waals surface area (Å²) < 4.78 is 6.79. The zero-order chi connectivity index (χ0) is 11.5. The van der Waals surface area contributed by atoms with E-state index in [0.29, 0.717) is 6.10 Å². The Morgan fingerprint density at radius 1 is 1.69 bits per heavy atom. The maximum Gasteiger partial charge on any atom is 0.0576 e. The van der Waals surface area contributed by atoms with Crippen molar-refractivity contribution in [2.24, 2.45) is 5.73 Å². The smallest absolute Gasteiger partial charge is 0.0576 e. The van der Waals surface area contributed by atoms with Gasteiger partial charge in [0.05, 0.1) is 6.10 Å². The minimum atomic E-state index is 0.166. The van der Waals surface area contributed by atoms with Gasteiger partial charge in [-0.25, -0.2) is 0 Å². The van der Waals surface area contributed by atoms with Gasteiger partial charge >= 0.3 is 0 Å². The molecule has 1 aromatic heterocycles. The molecule has 4 heteroatoms. The quantitative estimate of drug-likeness (QED) is 0.919. The van der Waals surface area contributed by atoms with E-state index >= 15 is 0 Å². The molecule has 1 aliphatic heterocycles. The van der Waals surface area contributed by atoms with Crippen LogP contribution in [-0.2, 0) is 4.74 Å². The highest BCUT2D eigenvalue weighted by molar-refractivity contribution is 9.10. The van der Waals surface area contributed by atoms with Gasteiger partial charge in [0.2, 0.25) is 0 Å². The van der Waals surface area contributed by atoms with E-state index < -0.39 is 0 Å². The predicted octanol–water partition coefficient (Wildman–Crippen LogP) is 3.78. The van der Waals surface area contributed by atoms with Gasteiger partial charge < -0.3 is 10.5 Å². The summed E-state index contributed by atoms with van der Waals surface area (Å²) in [7, 11) is 0. The zero-order valence-electron chi connectivity index (χ0n) is 9.54. The third kappa shape index (κ3) is 3.06. The van der Waals surface area contributed by atoms with Crippen LogP contribution in [0, 0.1) is 6.92 Å². The van der Waals surface area contributed by atoms with E-state index in [2.05, 4.69) is 28.9 Å². The highest BCUT2D eigenvalue weighted by atomic mass is 79.9. The van der Waals surface area contributed by atoms with Gasteiger partial charge in [0.15, 0.2) is 0 Å². The van der Waals surface area contributed by atoms with E-state index in [1.807, 2.05) is 0 Å². The van der Waals surface area contributed by atoms with E-state index in [0.717, 1.165) is 19.4 Å². The minimum Gasteiger partial charge on any atom is -0.378 e. The first-order chi connectivity index (χ1) is 7.66. The second-order valence-electron chi connectivity index (χ2n) is 4.37. The van der Waals surface area contributed by atoms with Gasteiger partial charge in [0, 0.05) is 26.9 Å². The SMILES string of the molecule is Cc1sc(C(N)CCC2CCCO2)cc1Br. The van der Waals surface area contributed by atoms with Crippen molar-refractivity contribution < 1.29 is 4.74 Å². The second kappa shape index (κ2) is 5.63. The van der Waals surface area contributed by atoms with Crippen LogP contribution < -0.4 is 5.73 Å². The number of thiophene rings is 1. The lowest BCUT2D eigenvalue weighted by molar-refractivity contribution is 0.101. The Morgan fingerprint density at radius 3 is 3.06 bits per heavy atom. The van der Waals surface area contributed by atoms with Crippen molar-refractivity contribution in [2.75, 3.05) is 6.61 Å². The fourth-order valence-corrected chi connectivity index (χ4v) is 3.64. The molecule has 90 valence electrons. The van der Waals surface area contributed by atoms with Gasteiger partial charge in [-0.3, -0.25) is 0 Å². The number of hydrogen-bond acceptors (Lipinski definition) is 3. The lowest BCUT2D eigenvalue weighted by atomic mass is 10.1. The van der Waals surface area contributed by atoms with Crippen LogP contribution in [0.15, 0.2) is 10.5 Å². The molecule has 0 bridgehead atoms. The molecule has 2 unspecified atom stereocenters. The van der Waals surface area contributed by atoms with Gasteiger partial charge in [-0.1, -0.05) is 0 Å². The Bertz CT molecular complexity index is 327. The van der Waals surface area contributed by atoms with Crippen LogP contribution in [0.3, 0.4) is 0 Å². The van der Waals surface area contributed by atoms with Crippen LogP contribution in [0.4, 0.5) is 0 Å². The molecule has 1 fully saturated rings. The van der Waals surface area contributed by atoms with Gasteiger partial charge in [0.25, 0.3) is 0 Å². The lowest BCUT2D eigenvalue weighted by Gasteiger charge is -2.13. The van der Waals surface area contributed by atoms with Gasteiger partial charge in [-0.15, -0.1) is 11.3 Å². The fourth-order valence-electron chi connectivity index (χ4n) is 2.04. The normalized spacial score (nSPS) is 22.6. The topological polar surface area (TPSA) is 35.2 Å². The predicted molar refractivity (Wildman–Crippen MR) is 71.9 cm³/mol. The first-order valence-electron chi connectivity index (χ1n) is 5.80. The van der Waals surface area contributed by atoms with Gasteiger partial charge in [-0.05, 0) is 54.6 Å². The summed E-state index contributed by atoms with van der Waals surface area (Å²) in [6, 6.07) is 2.32. The van der Waals surface area contributed by atoms with Gasteiger partial charge in [-0.2, -0.15) is 0 Å². The Hall–Kier alpha value is 0.100. The molecule has 16 heavy (non-hydrogen) atoms. The maximum atomic E-state index is 6.19. The van der Waals surface area contributed by atoms with Crippen LogP contribution >= 0.6 is 27.3 Å². The molecular weight excluding hydrogens is 286 g/mol. The van der Waals surface area contributed by atoms with Crippen molar-refractivity contribution in [3.05, 3.63) is 20.3 Å². The van der Waals surface area contributed by atoms with Crippen molar-refractivity contribution in [1.29, 1.82) is 0 Å². The highest BCUT2D eigenvalue weighted by Crippen LogP contribution is 2.32. The summed E-state index contributed by atoms with van der Waals surface area (Å²) in [5.41, 5.74) is 6.19. The van der Waals surface area contributed by atoms with Crippen LogP contribution in [0.25, 0.3) is 0 Å². The number of halogens is 1. The van der Waals surface area contributed by atoms with E-state index in [9.17, 15) is 0 Å². The largest absolute Gasteiger partial charge is 0.378 e. The first-order valence-corrected chi connectivity index (χ1v) is 7.41. The van der Waals surface area contributed by atoms with E-state index in [1.54, 1.807) is 11.3 Å². The van der Waals surface area contributed by atoms with Crippen LogP contribution in [0.2, 0.25) is 0 Å². The summed E-state index contributed by atoms with van der Waals surface area (Å²) in [6.45, 7) is 3.05. The number of rotatable bonds is 4. The Morgan fingerprint density at radius 2 is 2.50 bits per heavy atom. The molecule has 0 aromatic carbocycles. The monoisotopic (exact) mass is 303 g/mol. The Kier molecular flexibility index (Phi) is 4.41. The number of hydrogen-bond donors (Lipinski definition) is 1. The van der Waals surface area contributed by atoms with Crippen LogP contribution in [0.5, 0.6) is 0 Å². The summed E-state index contributed by atoms with van der Waals surface area (Å²) in [5.74, 6) is 0. The van der Waals surface area contributed by atoms with Crippen molar-refractivity contribution in [2.45, 2.75) is 44.8 Å². The minimum absolute atomic E-state index is 0.166. The maximum absolute atomic E-state index is 6.19. The summed E-state index contributed by atoms with van der Waals surface area (Å²) >= 11 is 5.32. The molecule has 0 saturated carbocycles. The van der Waals surface area contributed by atoms with E-state index in [4.69, 9.17) is 10.5 Å². The standard InChI is InChI=1S/C12H18BrNOS/c1-8-10(13)7-12(16-8)11(14)5-4-9-3-2-6-15-9/h7,9,11H,2-6,14H2,1H3. The molecule has 2 nitrogen and oxygen atoms in total. The molecule has 2 N–H and O–H groups in total. The molecule has 1 aliphatic rings. The van der Waals surface area contributed by atoms with Crippen molar-refractivity contribution in [1.82, 2.24) is 0 Å². The number of ether oxygens (including phenoxy) is 1. The first kappa shape index (κ1) is 12.6. The fraction of sp³-hybridized carbons (Fsp3) is 0.667. The van der Waals surface area contributed by atoms with E-state index in [1.165, 1.54) is 27.1 Å². The average molecular weight is 304 g/mol. The molecule has 1 saturated heterocycles. The number of aryl methyl sites for hydroxylation is 1. The third-order valence-corrected chi connectivity index (χ3v) is 5.33. The molecule has 0 radical (unpaired) electrons. The Balaban J connectivity index is 1.84. The Labute approximate surface area is 109 Å². The summed E-state index contributed by atoms with van der Waals surface area (Å²) in [6.07, 6.45) is 4.99. The average Bonchev–Trinajstić information content (AvgIpc) is 2.86. The van der Waals surface area contributed by atoms with Crippen LogP contribution in [-0.4, -0.2) is 12.7 Å². The summed E-state index contributed by atoms with van der Waals surface area (Å²) in [4.78, 5) is 2.59. The zero-order valence-corrected chi connectivity index (χ0v) is 11.9. The van der Waals surface area contributed by atoms with Crippen molar-refractivity contribution in [3.8, 4) is 0 Å². The molecule has 0 spiro atoms. The highest BCUT2D eigenvalue weighted by Gasteiger charge is 2.18. The molecule has 2 rings (SSSR count). The van der Waals surface area contributed by atoms with Crippen LogP contribution in [0.1, 0.15) is 41.5 Å².